The Morgan fingerprint density at radius 2 is 1.79 bits per heavy atom. The molecular weight excluding hydrogens is 256 g/mol. The first kappa shape index (κ1) is 16.0. The first-order valence-corrected chi connectivity index (χ1v) is 8.63. The molecular formula is C16H24O2S. The van der Waals surface area contributed by atoms with Gasteiger partial charge in [-0.15, -0.1) is 0 Å². The molecule has 2 nitrogen and oxygen atoms in total. The van der Waals surface area contributed by atoms with Crippen LogP contribution in [-0.4, -0.2) is 14.2 Å². The summed E-state index contributed by atoms with van der Waals surface area (Å²) in [5.41, 5.74) is 1.18. The average molecular weight is 280 g/mol. The first-order chi connectivity index (χ1) is 8.99. The van der Waals surface area contributed by atoms with E-state index >= 15 is 0 Å². The van der Waals surface area contributed by atoms with Crippen LogP contribution in [0.25, 0.3) is 0 Å². The maximum absolute atomic E-state index is 11.9. The van der Waals surface area contributed by atoms with Crippen LogP contribution in [0.4, 0.5) is 0 Å². The number of hydrogen-bond acceptors (Lipinski definition) is 2. The van der Waals surface area contributed by atoms with E-state index < -0.39 is 9.84 Å². The minimum absolute atomic E-state index is 0.224. The summed E-state index contributed by atoms with van der Waals surface area (Å²) < 4.78 is 23.8. The third-order valence-corrected chi connectivity index (χ3v) is 4.95. The van der Waals surface area contributed by atoms with Gasteiger partial charge in [-0.25, -0.2) is 8.42 Å². The molecule has 0 radical (unpaired) electrons. The Bertz CT molecular complexity index is 498. The molecule has 0 aliphatic heterocycles. The van der Waals surface area contributed by atoms with Crippen molar-refractivity contribution in [3.63, 3.8) is 0 Å². The minimum atomic E-state index is -3.08. The summed E-state index contributed by atoms with van der Waals surface area (Å²) in [4.78, 5) is 0.440. The molecule has 0 bridgehead atoms. The molecule has 0 aromatic heterocycles. The summed E-state index contributed by atoms with van der Waals surface area (Å²) in [6, 6.07) is 7.32. The monoisotopic (exact) mass is 280 g/mol. The molecule has 1 aromatic carbocycles. The zero-order valence-electron chi connectivity index (χ0n) is 12.1. The highest BCUT2D eigenvalue weighted by Crippen LogP contribution is 2.16. The van der Waals surface area contributed by atoms with Gasteiger partial charge in [0.2, 0.25) is 0 Å². The van der Waals surface area contributed by atoms with Crippen molar-refractivity contribution < 1.29 is 8.42 Å². The number of hydrogen-bond donors (Lipinski definition) is 0. The van der Waals surface area contributed by atoms with Crippen molar-refractivity contribution in [1.82, 2.24) is 0 Å². The summed E-state index contributed by atoms with van der Waals surface area (Å²) in [7, 11) is -3.08. The maximum atomic E-state index is 11.9. The fraction of sp³-hybridized carbons (Fsp3) is 0.500. The maximum Gasteiger partial charge on any atom is 0.178 e. The molecule has 0 saturated heterocycles. The van der Waals surface area contributed by atoms with Crippen molar-refractivity contribution in [2.24, 2.45) is 5.92 Å². The highest BCUT2D eigenvalue weighted by atomic mass is 32.2. The molecule has 106 valence electrons. The Hall–Kier alpha value is -1.09. The number of benzene rings is 1. The van der Waals surface area contributed by atoms with Gasteiger partial charge in [-0.2, -0.15) is 0 Å². The Balaban J connectivity index is 2.74. The molecule has 1 atom stereocenters. The summed E-state index contributed by atoms with van der Waals surface area (Å²) >= 11 is 0. The quantitative estimate of drug-likeness (QED) is 0.707. The van der Waals surface area contributed by atoms with Gasteiger partial charge in [0, 0.05) is 0 Å². The van der Waals surface area contributed by atoms with Crippen LogP contribution in [0.15, 0.2) is 41.3 Å². The van der Waals surface area contributed by atoms with Crippen LogP contribution in [0.1, 0.15) is 39.2 Å². The molecule has 0 fully saturated rings. The van der Waals surface area contributed by atoms with E-state index in [2.05, 4.69) is 26.0 Å². The van der Waals surface area contributed by atoms with E-state index in [1.54, 1.807) is 12.1 Å². The van der Waals surface area contributed by atoms with Crippen LogP contribution in [0, 0.1) is 5.92 Å². The van der Waals surface area contributed by atoms with E-state index in [0.717, 1.165) is 12.8 Å². The third-order valence-electron chi connectivity index (χ3n) is 3.01. The fourth-order valence-corrected chi connectivity index (χ4v) is 3.35. The third kappa shape index (κ3) is 5.19. The molecule has 3 heteroatoms. The Labute approximate surface area is 117 Å². The summed E-state index contributed by atoms with van der Waals surface area (Å²) in [6.07, 6.45) is 7.04. The van der Waals surface area contributed by atoms with E-state index in [1.165, 1.54) is 5.56 Å². The molecule has 0 amide bonds. The van der Waals surface area contributed by atoms with Crippen LogP contribution < -0.4 is 0 Å². The van der Waals surface area contributed by atoms with Gasteiger partial charge < -0.3 is 0 Å². The number of sulfone groups is 1. The van der Waals surface area contributed by atoms with Gasteiger partial charge >= 0.3 is 0 Å². The standard InChI is InChI=1S/C16H24O2S/c1-4-6-7-14(3)13-15-8-10-16(11-9-15)19(17,18)12-5-2/h6-11,14H,4-5,12-13H2,1-3H3/b7-6-. The van der Waals surface area contributed by atoms with Gasteiger partial charge in [0.05, 0.1) is 10.6 Å². The predicted octanol–water partition coefficient (Wildman–Crippen LogP) is 4.02. The molecule has 0 heterocycles. The van der Waals surface area contributed by atoms with Gasteiger partial charge in [-0.3, -0.25) is 0 Å². The zero-order chi connectivity index (χ0) is 14.3. The van der Waals surface area contributed by atoms with E-state index in [0.29, 0.717) is 17.2 Å². The van der Waals surface area contributed by atoms with Crippen LogP contribution in [0.2, 0.25) is 0 Å². The first-order valence-electron chi connectivity index (χ1n) is 6.98. The van der Waals surface area contributed by atoms with E-state index in [1.807, 2.05) is 19.1 Å². The van der Waals surface area contributed by atoms with E-state index in [-0.39, 0.29) is 5.75 Å². The van der Waals surface area contributed by atoms with E-state index in [9.17, 15) is 8.42 Å². The molecule has 0 aliphatic carbocycles. The van der Waals surface area contributed by atoms with Crippen molar-refractivity contribution in [2.75, 3.05) is 5.75 Å². The Kier molecular flexibility index (Phi) is 6.29. The highest BCUT2D eigenvalue weighted by molar-refractivity contribution is 7.91. The fourth-order valence-electron chi connectivity index (χ4n) is 2.03. The highest BCUT2D eigenvalue weighted by Gasteiger charge is 2.12. The lowest BCUT2D eigenvalue weighted by atomic mass is 10.0. The second-order valence-corrected chi connectivity index (χ2v) is 7.09. The molecule has 1 rings (SSSR count). The normalized spacial score (nSPS) is 13.8. The molecule has 19 heavy (non-hydrogen) atoms. The van der Waals surface area contributed by atoms with Crippen LogP contribution >= 0.6 is 0 Å². The largest absolute Gasteiger partial charge is 0.224 e. The smallest absolute Gasteiger partial charge is 0.178 e. The Morgan fingerprint density at radius 1 is 1.16 bits per heavy atom. The number of allylic oxidation sites excluding steroid dienone is 2. The van der Waals surface area contributed by atoms with Gasteiger partial charge in [0.1, 0.15) is 0 Å². The van der Waals surface area contributed by atoms with Crippen LogP contribution in [0.3, 0.4) is 0 Å². The van der Waals surface area contributed by atoms with Crippen molar-refractivity contribution in [3.8, 4) is 0 Å². The lowest BCUT2D eigenvalue weighted by molar-refractivity contribution is 0.594. The van der Waals surface area contributed by atoms with Gasteiger partial charge in [-0.05, 0) is 42.9 Å². The molecule has 0 aliphatic rings. The summed E-state index contributed by atoms with van der Waals surface area (Å²) in [5.74, 6) is 0.708. The van der Waals surface area contributed by atoms with E-state index in [4.69, 9.17) is 0 Å². The molecule has 1 unspecified atom stereocenters. The van der Waals surface area contributed by atoms with Crippen molar-refractivity contribution in [1.29, 1.82) is 0 Å². The van der Waals surface area contributed by atoms with Crippen LogP contribution in [-0.2, 0) is 16.3 Å². The van der Waals surface area contributed by atoms with Gasteiger partial charge in [0.15, 0.2) is 9.84 Å². The lowest BCUT2D eigenvalue weighted by Gasteiger charge is -2.08. The Morgan fingerprint density at radius 3 is 2.32 bits per heavy atom. The molecule has 0 N–H and O–H groups in total. The van der Waals surface area contributed by atoms with Crippen LogP contribution in [0.5, 0.6) is 0 Å². The summed E-state index contributed by atoms with van der Waals surface area (Å²) in [6.45, 7) is 6.18. The molecule has 0 saturated carbocycles. The number of rotatable bonds is 7. The van der Waals surface area contributed by atoms with Crippen molar-refractivity contribution >= 4 is 9.84 Å². The van der Waals surface area contributed by atoms with Crippen molar-refractivity contribution in [3.05, 3.63) is 42.0 Å². The average Bonchev–Trinajstić information content (AvgIpc) is 2.37. The summed E-state index contributed by atoms with van der Waals surface area (Å²) in [5, 5.41) is 0. The van der Waals surface area contributed by atoms with Gasteiger partial charge in [-0.1, -0.05) is 45.1 Å². The molecule has 1 aromatic rings. The lowest BCUT2D eigenvalue weighted by Crippen LogP contribution is -2.06. The second-order valence-electron chi connectivity index (χ2n) is 4.98. The SMILES string of the molecule is CC/C=C\C(C)Cc1ccc(S(=O)(=O)CCC)cc1. The zero-order valence-corrected chi connectivity index (χ0v) is 12.9. The topological polar surface area (TPSA) is 34.1 Å². The minimum Gasteiger partial charge on any atom is -0.224 e. The molecule has 0 spiro atoms. The second kappa shape index (κ2) is 7.49. The van der Waals surface area contributed by atoms with Gasteiger partial charge in [0.25, 0.3) is 0 Å². The van der Waals surface area contributed by atoms with Crippen molar-refractivity contribution in [2.45, 2.75) is 44.9 Å². The predicted molar refractivity (Wildman–Crippen MR) is 81.1 cm³/mol.